The van der Waals surface area contributed by atoms with Crippen LogP contribution in [0.2, 0.25) is 0 Å². The predicted molar refractivity (Wildman–Crippen MR) is 121 cm³/mol. The van der Waals surface area contributed by atoms with Crippen LogP contribution >= 0.6 is 11.8 Å². The molecule has 0 bridgehead atoms. The molecule has 2 N–H and O–H groups in total. The van der Waals surface area contributed by atoms with Crippen LogP contribution < -0.4 is 10.6 Å². The first-order valence-corrected chi connectivity index (χ1v) is 10.8. The SMILES string of the molecule is Cc1cc(C)n(-c2cccc(NC(=O)c3ccccc3SCC(=O)NC(C)C)c2)n1. The van der Waals surface area contributed by atoms with Gasteiger partial charge in [0, 0.05) is 22.3 Å². The van der Waals surface area contributed by atoms with Crippen molar-refractivity contribution in [1.82, 2.24) is 15.1 Å². The predicted octanol–water partition coefficient (Wildman–Crippen LogP) is 4.36. The van der Waals surface area contributed by atoms with Gasteiger partial charge in [0.15, 0.2) is 0 Å². The van der Waals surface area contributed by atoms with E-state index in [1.54, 1.807) is 6.07 Å². The highest BCUT2D eigenvalue weighted by Crippen LogP contribution is 2.24. The number of aryl methyl sites for hydroxylation is 2. The number of nitrogens with one attached hydrogen (secondary N) is 2. The molecule has 30 heavy (non-hydrogen) atoms. The molecular formula is C23H26N4O2S. The van der Waals surface area contributed by atoms with E-state index in [1.807, 2.05) is 80.9 Å². The van der Waals surface area contributed by atoms with E-state index in [0.29, 0.717) is 11.3 Å². The highest BCUT2D eigenvalue weighted by molar-refractivity contribution is 8.00. The second kappa shape index (κ2) is 9.63. The Morgan fingerprint density at radius 2 is 1.83 bits per heavy atom. The number of anilines is 1. The van der Waals surface area contributed by atoms with E-state index in [4.69, 9.17) is 0 Å². The van der Waals surface area contributed by atoms with Gasteiger partial charge in [-0.05, 0) is 64.1 Å². The van der Waals surface area contributed by atoms with Gasteiger partial charge in [-0.25, -0.2) is 4.68 Å². The topological polar surface area (TPSA) is 76.0 Å². The fourth-order valence-corrected chi connectivity index (χ4v) is 3.95. The Bertz CT molecular complexity index is 1060. The minimum Gasteiger partial charge on any atom is -0.353 e. The van der Waals surface area contributed by atoms with E-state index < -0.39 is 0 Å². The number of carbonyl (C=O) groups excluding carboxylic acids is 2. The summed E-state index contributed by atoms with van der Waals surface area (Å²) >= 11 is 1.35. The molecule has 7 heteroatoms. The van der Waals surface area contributed by atoms with Gasteiger partial charge in [-0.3, -0.25) is 9.59 Å². The second-order valence-corrected chi connectivity index (χ2v) is 8.37. The van der Waals surface area contributed by atoms with Crippen LogP contribution in [-0.4, -0.2) is 33.4 Å². The molecule has 156 valence electrons. The van der Waals surface area contributed by atoms with E-state index >= 15 is 0 Å². The molecule has 2 amide bonds. The molecule has 0 atom stereocenters. The number of thioether (sulfide) groups is 1. The summed E-state index contributed by atoms with van der Waals surface area (Å²) in [6, 6.07) is 17.0. The molecule has 0 radical (unpaired) electrons. The monoisotopic (exact) mass is 422 g/mol. The summed E-state index contributed by atoms with van der Waals surface area (Å²) in [6.45, 7) is 7.79. The third-order valence-electron chi connectivity index (χ3n) is 4.30. The molecule has 3 rings (SSSR count). The first kappa shape index (κ1) is 21.6. The quantitative estimate of drug-likeness (QED) is 0.555. The number of hydrogen-bond acceptors (Lipinski definition) is 4. The molecule has 3 aromatic rings. The number of nitrogens with zero attached hydrogens (tertiary/aromatic N) is 2. The molecule has 0 fully saturated rings. The van der Waals surface area contributed by atoms with Crippen LogP contribution in [0.4, 0.5) is 5.69 Å². The molecule has 0 aliphatic heterocycles. The summed E-state index contributed by atoms with van der Waals surface area (Å²) < 4.78 is 1.85. The zero-order chi connectivity index (χ0) is 21.7. The number of hydrogen-bond donors (Lipinski definition) is 2. The summed E-state index contributed by atoms with van der Waals surface area (Å²) in [5.74, 6) is -0.00808. The van der Waals surface area contributed by atoms with Gasteiger partial charge in [-0.15, -0.1) is 11.8 Å². The molecule has 0 saturated carbocycles. The Kier molecular flexibility index (Phi) is 6.95. The smallest absolute Gasteiger partial charge is 0.256 e. The fourth-order valence-electron chi connectivity index (χ4n) is 3.09. The van der Waals surface area contributed by atoms with Crippen LogP contribution in [0.5, 0.6) is 0 Å². The molecule has 0 saturated heterocycles. The number of amides is 2. The molecule has 6 nitrogen and oxygen atoms in total. The standard InChI is InChI=1S/C23H26N4O2S/c1-15(2)24-22(28)14-30-21-11-6-5-10-20(21)23(29)25-18-8-7-9-19(13-18)27-17(4)12-16(3)26-27/h5-13,15H,14H2,1-4H3,(H,24,28)(H,25,29). The van der Waals surface area contributed by atoms with Crippen LogP contribution in [0.3, 0.4) is 0 Å². The van der Waals surface area contributed by atoms with Crippen LogP contribution in [-0.2, 0) is 4.79 Å². The highest BCUT2D eigenvalue weighted by Gasteiger charge is 2.14. The average molecular weight is 423 g/mol. The van der Waals surface area contributed by atoms with Crippen LogP contribution in [0.25, 0.3) is 5.69 Å². The molecule has 0 aliphatic carbocycles. The van der Waals surface area contributed by atoms with Crippen molar-refractivity contribution in [2.75, 3.05) is 11.1 Å². The Balaban J connectivity index is 1.75. The lowest BCUT2D eigenvalue weighted by Crippen LogP contribution is -2.31. The third kappa shape index (κ3) is 5.51. The minimum atomic E-state index is -0.215. The largest absolute Gasteiger partial charge is 0.353 e. The Labute approximate surface area is 181 Å². The maximum atomic E-state index is 12.9. The number of benzene rings is 2. The summed E-state index contributed by atoms with van der Waals surface area (Å²) in [5.41, 5.74) is 4.07. The first-order chi connectivity index (χ1) is 14.3. The van der Waals surface area contributed by atoms with Gasteiger partial charge < -0.3 is 10.6 Å². The van der Waals surface area contributed by atoms with Crippen molar-refractivity contribution < 1.29 is 9.59 Å². The third-order valence-corrected chi connectivity index (χ3v) is 5.37. The van der Waals surface area contributed by atoms with Crippen molar-refractivity contribution in [3.05, 3.63) is 71.5 Å². The molecular weight excluding hydrogens is 396 g/mol. The second-order valence-electron chi connectivity index (χ2n) is 7.35. The Morgan fingerprint density at radius 3 is 2.53 bits per heavy atom. The van der Waals surface area contributed by atoms with Crippen LogP contribution in [0, 0.1) is 13.8 Å². The maximum absolute atomic E-state index is 12.9. The van der Waals surface area contributed by atoms with Gasteiger partial charge in [-0.1, -0.05) is 18.2 Å². The van der Waals surface area contributed by atoms with Crippen molar-refractivity contribution in [3.8, 4) is 5.69 Å². The molecule has 1 aromatic heterocycles. The lowest BCUT2D eigenvalue weighted by molar-refractivity contribution is -0.119. The van der Waals surface area contributed by atoms with Gasteiger partial charge in [0.2, 0.25) is 5.91 Å². The molecule has 1 heterocycles. The summed E-state index contributed by atoms with van der Waals surface area (Å²) in [6.07, 6.45) is 0. The van der Waals surface area contributed by atoms with E-state index in [2.05, 4.69) is 15.7 Å². The van der Waals surface area contributed by atoms with Gasteiger partial charge >= 0.3 is 0 Å². The minimum absolute atomic E-state index is 0.0530. The van der Waals surface area contributed by atoms with Crippen molar-refractivity contribution in [2.45, 2.75) is 38.6 Å². The zero-order valence-electron chi connectivity index (χ0n) is 17.6. The highest BCUT2D eigenvalue weighted by atomic mass is 32.2. The number of aromatic nitrogens is 2. The summed E-state index contributed by atoms with van der Waals surface area (Å²) in [5, 5.41) is 10.3. The van der Waals surface area contributed by atoms with Crippen LogP contribution in [0.15, 0.2) is 59.5 Å². The van der Waals surface area contributed by atoms with Crippen molar-refractivity contribution in [1.29, 1.82) is 0 Å². The lowest BCUT2D eigenvalue weighted by atomic mass is 10.2. The Hall–Kier alpha value is -3.06. The van der Waals surface area contributed by atoms with E-state index in [-0.39, 0.29) is 23.6 Å². The lowest BCUT2D eigenvalue weighted by Gasteiger charge is -2.12. The maximum Gasteiger partial charge on any atom is 0.256 e. The van der Waals surface area contributed by atoms with Gasteiger partial charge in [0.25, 0.3) is 5.91 Å². The Morgan fingerprint density at radius 1 is 1.07 bits per heavy atom. The fraction of sp³-hybridized carbons (Fsp3) is 0.261. The molecule has 0 aliphatic rings. The van der Waals surface area contributed by atoms with Crippen molar-refractivity contribution in [2.24, 2.45) is 0 Å². The number of carbonyl (C=O) groups is 2. The zero-order valence-corrected chi connectivity index (χ0v) is 18.4. The number of rotatable bonds is 7. The molecule has 0 spiro atoms. The summed E-state index contributed by atoms with van der Waals surface area (Å²) in [7, 11) is 0. The normalized spacial score (nSPS) is 10.8. The van der Waals surface area contributed by atoms with Crippen molar-refractivity contribution in [3.63, 3.8) is 0 Å². The van der Waals surface area contributed by atoms with Gasteiger partial charge in [-0.2, -0.15) is 5.10 Å². The first-order valence-electron chi connectivity index (χ1n) is 9.79. The van der Waals surface area contributed by atoms with Gasteiger partial charge in [0.05, 0.1) is 22.7 Å². The van der Waals surface area contributed by atoms with Crippen LogP contribution in [0.1, 0.15) is 35.6 Å². The van der Waals surface area contributed by atoms with E-state index in [1.165, 1.54) is 11.8 Å². The summed E-state index contributed by atoms with van der Waals surface area (Å²) in [4.78, 5) is 25.7. The van der Waals surface area contributed by atoms with E-state index in [9.17, 15) is 9.59 Å². The molecule has 2 aromatic carbocycles. The van der Waals surface area contributed by atoms with Crippen molar-refractivity contribution >= 4 is 29.3 Å². The average Bonchev–Trinajstić information content (AvgIpc) is 3.04. The molecule has 0 unspecified atom stereocenters. The van der Waals surface area contributed by atoms with E-state index in [0.717, 1.165) is 22.0 Å². The van der Waals surface area contributed by atoms with Gasteiger partial charge in [0.1, 0.15) is 0 Å².